The van der Waals surface area contributed by atoms with E-state index in [0.29, 0.717) is 16.8 Å². The summed E-state index contributed by atoms with van der Waals surface area (Å²) in [6.45, 7) is 1.69. The number of methoxy groups -OCH3 is 1. The summed E-state index contributed by atoms with van der Waals surface area (Å²) >= 11 is 0. The molecule has 0 radical (unpaired) electrons. The minimum atomic E-state index is -0.887. The van der Waals surface area contributed by atoms with Gasteiger partial charge in [-0.05, 0) is 30.7 Å². The minimum absolute atomic E-state index is 0.262. The van der Waals surface area contributed by atoms with Gasteiger partial charge >= 0.3 is 0 Å². The van der Waals surface area contributed by atoms with Crippen molar-refractivity contribution in [2.24, 2.45) is 5.73 Å². The lowest BCUT2D eigenvalue weighted by Gasteiger charge is -2.17. The highest BCUT2D eigenvalue weighted by atomic mass is 16.5. The topological polar surface area (TPSA) is 88.3 Å². The summed E-state index contributed by atoms with van der Waals surface area (Å²) in [7, 11) is 1.56. The van der Waals surface area contributed by atoms with Gasteiger partial charge in [0.05, 0.1) is 13.2 Å². The van der Waals surface area contributed by atoms with E-state index in [1.54, 1.807) is 32.2 Å². The van der Waals surface area contributed by atoms with E-state index in [-0.39, 0.29) is 5.56 Å². The molecule has 5 nitrogen and oxygen atoms in total. The second-order valence-electron chi connectivity index (χ2n) is 4.30. The van der Waals surface area contributed by atoms with Crippen molar-refractivity contribution in [3.05, 3.63) is 40.2 Å². The summed E-state index contributed by atoms with van der Waals surface area (Å²) in [5, 5.41) is 10.8. The van der Waals surface area contributed by atoms with Crippen LogP contribution in [0, 0.1) is 0 Å². The molecule has 1 heterocycles. The smallest absolute Gasteiger partial charge is 0.248 e. The Bertz CT molecular complexity index is 619. The zero-order valence-corrected chi connectivity index (χ0v) is 10.3. The quantitative estimate of drug-likeness (QED) is 0.753. The van der Waals surface area contributed by atoms with Crippen LogP contribution < -0.4 is 16.0 Å². The number of benzene rings is 1. The van der Waals surface area contributed by atoms with Crippen molar-refractivity contribution in [3.8, 4) is 5.75 Å². The van der Waals surface area contributed by atoms with E-state index in [0.717, 1.165) is 5.39 Å². The maximum absolute atomic E-state index is 11.5. The summed E-state index contributed by atoms with van der Waals surface area (Å²) < 4.78 is 5.14. The maximum atomic E-state index is 11.5. The van der Waals surface area contributed by atoms with E-state index in [9.17, 15) is 9.90 Å². The number of aromatic amines is 1. The van der Waals surface area contributed by atoms with Crippen LogP contribution in [0.15, 0.2) is 29.1 Å². The number of H-pyrrole nitrogens is 1. The predicted octanol–water partition coefficient (Wildman–Crippen LogP) is 0.917. The third-order valence-corrected chi connectivity index (χ3v) is 2.90. The van der Waals surface area contributed by atoms with E-state index >= 15 is 0 Å². The number of ether oxygens (including phenoxy) is 1. The van der Waals surface area contributed by atoms with Crippen molar-refractivity contribution in [2.75, 3.05) is 7.11 Å². The minimum Gasteiger partial charge on any atom is -0.497 e. The number of rotatable bonds is 3. The van der Waals surface area contributed by atoms with Crippen LogP contribution in [0.4, 0.5) is 0 Å². The number of fused-ring (bicyclic) bond motifs is 1. The van der Waals surface area contributed by atoms with Crippen molar-refractivity contribution in [2.45, 2.75) is 19.1 Å². The fourth-order valence-electron chi connectivity index (χ4n) is 1.91. The Morgan fingerprint density at radius 2 is 2.11 bits per heavy atom. The summed E-state index contributed by atoms with van der Waals surface area (Å²) in [6, 6.07) is 6.18. The Labute approximate surface area is 104 Å². The van der Waals surface area contributed by atoms with Crippen LogP contribution in [0.5, 0.6) is 5.75 Å². The lowest BCUT2D eigenvalue weighted by molar-refractivity contribution is 0.154. The normalized spacial score (nSPS) is 14.4. The molecule has 0 bridgehead atoms. The van der Waals surface area contributed by atoms with Gasteiger partial charge in [-0.15, -0.1) is 0 Å². The van der Waals surface area contributed by atoms with Gasteiger partial charge in [0.1, 0.15) is 5.75 Å². The average molecular weight is 248 g/mol. The number of aromatic nitrogens is 1. The van der Waals surface area contributed by atoms with Crippen LogP contribution in [0.2, 0.25) is 0 Å². The second-order valence-corrected chi connectivity index (χ2v) is 4.30. The van der Waals surface area contributed by atoms with Gasteiger partial charge in [0.15, 0.2) is 0 Å². The van der Waals surface area contributed by atoms with Gasteiger partial charge in [0, 0.05) is 23.0 Å². The van der Waals surface area contributed by atoms with Crippen LogP contribution in [-0.2, 0) is 0 Å². The van der Waals surface area contributed by atoms with Gasteiger partial charge in [0.25, 0.3) is 0 Å². The lowest BCUT2D eigenvalue weighted by atomic mass is 10.00. The monoisotopic (exact) mass is 248 g/mol. The van der Waals surface area contributed by atoms with Gasteiger partial charge in [-0.25, -0.2) is 0 Å². The van der Waals surface area contributed by atoms with Crippen molar-refractivity contribution in [3.63, 3.8) is 0 Å². The molecular weight excluding hydrogens is 232 g/mol. The molecule has 2 aromatic rings. The Hall–Kier alpha value is -1.85. The summed E-state index contributed by atoms with van der Waals surface area (Å²) in [4.78, 5) is 14.3. The molecule has 4 N–H and O–H groups in total. The van der Waals surface area contributed by atoms with Crippen molar-refractivity contribution in [1.82, 2.24) is 4.98 Å². The molecule has 2 rings (SSSR count). The average Bonchev–Trinajstić information content (AvgIpc) is 2.36. The second kappa shape index (κ2) is 4.80. The molecule has 18 heavy (non-hydrogen) atoms. The molecule has 2 unspecified atom stereocenters. The Kier molecular flexibility index (Phi) is 3.36. The molecule has 0 aliphatic carbocycles. The fourth-order valence-corrected chi connectivity index (χ4v) is 1.91. The third kappa shape index (κ3) is 2.23. The first-order chi connectivity index (χ1) is 8.52. The number of aliphatic hydroxyl groups excluding tert-OH is 1. The number of hydrogen-bond donors (Lipinski definition) is 3. The van der Waals surface area contributed by atoms with E-state index < -0.39 is 12.1 Å². The largest absolute Gasteiger partial charge is 0.497 e. The molecule has 0 saturated heterocycles. The van der Waals surface area contributed by atoms with E-state index in [1.807, 2.05) is 0 Å². The van der Waals surface area contributed by atoms with E-state index in [2.05, 4.69) is 4.98 Å². The van der Waals surface area contributed by atoms with E-state index in [1.165, 1.54) is 6.07 Å². The highest BCUT2D eigenvalue weighted by Crippen LogP contribution is 2.26. The molecule has 1 aromatic heterocycles. The first-order valence-corrected chi connectivity index (χ1v) is 5.67. The molecule has 0 amide bonds. The first kappa shape index (κ1) is 12.6. The van der Waals surface area contributed by atoms with Crippen molar-refractivity contribution >= 4 is 10.9 Å². The number of nitrogens with two attached hydrogens (primary N) is 1. The Morgan fingerprint density at radius 1 is 1.39 bits per heavy atom. The van der Waals surface area contributed by atoms with Gasteiger partial charge in [-0.1, -0.05) is 0 Å². The summed E-state index contributed by atoms with van der Waals surface area (Å²) in [5.74, 6) is 0.660. The highest BCUT2D eigenvalue weighted by molar-refractivity contribution is 5.83. The van der Waals surface area contributed by atoms with Crippen LogP contribution >= 0.6 is 0 Å². The molecule has 0 aliphatic heterocycles. The van der Waals surface area contributed by atoms with Gasteiger partial charge in [-0.2, -0.15) is 0 Å². The molecule has 96 valence electrons. The molecule has 5 heteroatoms. The van der Waals surface area contributed by atoms with Crippen molar-refractivity contribution < 1.29 is 9.84 Å². The molecular formula is C13H16N2O3. The number of hydrogen-bond acceptors (Lipinski definition) is 4. The number of aliphatic hydroxyl groups is 1. The molecule has 0 aliphatic rings. The zero-order chi connectivity index (χ0) is 13.3. The molecule has 0 saturated carbocycles. The Morgan fingerprint density at radius 3 is 2.72 bits per heavy atom. The summed E-state index contributed by atoms with van der Waals surface area (Å²) in [5.41, 5.74) is 6.59. The van der Waals surface area contributed by atoms with Crippen LogP contribution in [0.25, 0.3) is 10.9 Å². The van der Waals surface area contributed by atoms with Gasteiger partial charge in [0.2, 0.25) is 5.56 Å². The SMILES string of the molecule is COc1ccc2[nH]c(=O)cc(C(O)C(C)N)c2c1. The predicted molar refractivity (Wildman–Crippen MR) is 69.7 cm³/mol. The van der Waals surface area contributed by atoms with E-state index in [4.69, 9.17) is 10.5 Å². The van der Waals surface area contributed by atoms with Crippen LogP contribution in [0.1, 0.15) is 18.6 Å². The standard InChI is InChI=1S/C13H16N2O3/c1-7(14)13(17)10-6-12(16)15-11-4-3-8(18-2)5-9(10)11/h3-7,13,17H,14H2,1-2H3,(H,15,16). The molecule has 0 fully saturated rings. The maximum Gasteiger partial charge on any atom is 0.248 e. The molecule has 2 atom stereocenters. The summed E-state index contributed by atoms with van der Waals surface area (Å²) in [6.07, 6.45) is -0.887. The molecule has 1 aromatic carbocycles. The molecule has 0 spiro atoms. The van der Waals surface area contributed by atoms with Crippen LogP contribution in [0.3, 0.4) is 0 Å². The van der Waals surface area contributed by atoms with Gasteiger partial charge in [-0.3, -0.25) is 4.79 Å². The van der Waals surface area contributed by atoms with Gasteiger partial charge < -0.3 is 20.6 Å². The first-order valence-electron chi connectivity index (χ1n) is 5.67. The number of nitrogens with one attached hydrogen (secondary N) is 1. The zero-order valence-electron chi connectivity index (χ0n) is 10.3. The number of pyridine rings is 1. The highest BCUT2D eigenvalue weighted by Gasteiger charge is 2.16. The van der Waals surface area contributed by atoms with Crippen molar-refractivity contribution in [1.29, 1.82) is 0 Å². The Balaban J connectivity index is 2.73. The third-order valence-electron chi connectivity index (χ3n) is 2.90. The van der Waals surface area contributed by atoms with Crippen LogP contribution in [-0.4, -0.2) is 23.2 Å². The lowest BCUT2D eigenvalue weighted by Crippen LogP contribution is -2.25. The fraction of sp³-hybridized carbons (Fsp3) is 0.308.